The van der Waals surface area contributed by atoms with Crippen molar-refractivity contribution in [3.8, 4) is 5.75 Å². The highest BCUT2D eigenvalue weighted by Gasteiger charge is 2.30. The third-order valence-corrected chi connectivity index (χ3v) is 4.40. The number of carboxylic acid groups (broad SMARTS) is 1. The lowest BCUT2D eigenvalue weighted by atomic mass is 10.2. The van der Waals surface area contributed by atoms with Gasteiger partial charge in [-0.15, -0.1) is 0 Å². The second-order valence-electron chi connectivity index (χ2n) is 4.09. The maximum absolute atomic E-state index is 13.0. The van der Waals surface area contributed by atoms with Crippen molar-refractivity contribution in [2.45, 2.75) is 12.5 Å². The number of hydrogen-bond acceptors (Lipinski definition) is 4. The van der Waals surface area contributed by atoms with Crippen molar-refractivity contribution < 1.29 is 27.4 Å². The lowest BCUT2D eigenvalue weighted by molar-refractivity contribution is 0.0690. The minimum Gasteiger partial charge on any atom is -0.488 e. The summed E-state index contributed by atoms with van der Waals surface area (Å²) in [6.45, 7) is 0. The van der Waals surface area contributed by atoms with E-state index in [1.54, 1.807) is 0 Å². The van der Waals surface area contributed by atoms with Crippen LogP contribution in [0.4, 0.5) is 4.39 Å². The number of aromatic carboxylic acids is 1. The number of rotatable bonds is 3. The minimum atomic E-state index is -3.12. The van der Waals surface area contributed by atoms with Crippen molar-refractivity contribution in [2.75, 3.05) is 11.5 Å². The molecule has 7 heteroatoms. The van der Waals surface area contributed by atoms with E-state index < -0.39 is 27.7 Å². The number of carboxylic acids is 1. The van der Waals surface area contributed by atoms with E-state index >= 15 is 0 Å². The number of carbonyl (C=O) groups is 1. The second kappa shape index (κ2) is 4.56. The maximum atomic E-state index is 13.0. The fourth-order valence-electron chi connectivity index (χ4n) is 1.80. The van der Waals surface area contributed by atoms with Gasteiger partial charge in [0.15, 0.2) is 9.84 Å². The highest BCUT2D eigenvalue weighted by Crippen LogP contribution is 2.24. The van der Waals surface area contributed by atoms with Gasteiger partial charge in [0, 0.05) is 6.07 Å². The molecule has 0 aliphatic carbocycles. The van der Waals surface area contributed by atoms with Crippen LogP contribution in [0.25, 0.3) is 0 Å². The summed E-state index contributed by atoms with van der Waals surface area (Å²) in [6, 6.07) is 3.06. The predicted molar refractivity (Wildman–Crippen MR) is 61.0 cm³/mol. The molecule has 0 aromatic heterocycles. The van der Waals surface area contributed by atoms with Crippen LogP contribution in [0.15, 0.2) is 18.2 Å². The molecule has 1 aromatic rings. The standard InChI is InChI=1S/C11H11FO5S/c12-7-1-2-9(11(13)14)10(5-7)17-8-3-4-18(15,16)6-8/h1-2,5,8H,3-4,6H2,(H,13,14). The quantitative estimate of drug-likeness (QED) is 0.892. The van der Waals surface area contributed by atoms with Crippen molar-refractivity contribution in [3.63, 3.8) is 0 Å². The first-order valence-corrected chi connectivity index (χ1v) is 7.09. The first-order chi connectivity index (χ1) is 8.37. The lowest BCUT2D eigenvalue weighted by Crippen LogP contribution is -2.19. The Morgan fingerprint density at radius 2 is 2.17 bits per heavy atom. The Morgan fingerprint density at radius 1 is 1.44 bits per heavy atom. The molecular weight excluding hydrogens is 263 g/mol. The van der Waals surface area contributed by atoms with Gasteiger partial charge >= 0.3 is 5.97 Å². The smallest absolute Gasteiger partial charge is 0.339 e. The summed E-state index contributed by atoms with van der Waals surface area (Å²) in [5.74, 6) is -2.16. The Kier molecular flexibility index (Phi) is 3.25. The summed E-state index contributed by atoms with van der Waals surface area (Å²) in [6.07, 6.45) is -0.326. The molecule has 0 radical (unpaired) electrons. The molecular formula is C11H11FO5S. The Morgan fingerprint density at radius 3 is 2.72 bits per heavy atom. The topological polar surface area (TPSA) is 80.7 Å². The van der Waals surface area contributed by atoms with Crippen molar-refractivity contribution in [3.05, 3.63) is 29.6 Å². The van der Waals surface area contributed by atoms with Crippen LogP contribution in [0.3, 0.4) is 0 Å². The average molecular weight is 274 g/mol. The summed E-state index contributed by atoms with van der Waals surface area (Å²) < 4.78 is 40.8. The average Bonchev–Trinajstić information content (AvgIpc) is 2.57. The maximum Gasteiger partial charge on any atom is 0.339 e. The molecule has 98 valence electrons. The van der Waals surface area contributed by atoms with E-state index in [0.717, 1.165) is 18.2 Å². The normalized spacial score (nSPS) is 21.7. The molecule has 1 heterocycles. The fraction of sp³-hybridized carbons (Fsp3) is 0.364. The van der Waals surface area contributed by atoms with Gasteiger partial charge in [0.05, 0.1) is 11.5 Å². The van der Waals surface area contributed by atoms with E-state index in [0.29, 0.717) is 0 Å². The molecule has 0 saturated carbocycles. The van der Waals surface area contributed by atoms with Crippen LogP contribution in [0.5, 0.6) is 5.75 Å². The SMILES string of the molecule is O=C(O)c1ccc(F)cc1OC1CCS(=O)(=O)C1. The highest BCUT2D eigenvalue weighted by molar-refractivity contribution is 7.91. The minimum absolute atomic E-state index is 0.00931. The van der Waals surface area contributed by atoms with Gasteiger partial charge in [-0.05, 0) is 18.6 Å². The summed E-state index contributed by atoms with van der Waals surface area (Å²) in [7, 11) is -3.12. The van der Waals surface area contributed by atoms with Gasteiger partial charge in [-0.3, -0.25) is 0 Å². The van der Waals surface area contributed by atoms with Crippen LogP contribution < -0.4 is 4.74 Å². The van der Waals surface area contributed by atoms with Gasteiger partial charge in [0.2, 0.25) is 0 Å². The van der Waals surface area contributed by atoms with Crippen LogP contribution in [-0.4, -0.2) is 37.1 Å². The number of ether oxygens (including phenoxy) is 1. The molecule has 1 atom stereocenters. The van der Waals surface area contributed by atoms with E-state index in [4.69, 9.17) is 9.84 Å². The van der Waals surface area contributed by atoms with E-state index in [1.165, 1.54) is 0 Å². The molecule has 18 heavy (non-hydrogen) atoms. The summed E-state index contributed by atoms with van der Waals surface area (Å²) in [4.78, 5) is 10.9. The zero-order valence-electron chi connectivity index (χ0n) is 9.30. The van der Waals surface area contributed by atoms with Crippen LogP contribution >= 0.6 is 0 Å². The van der Waals surface area contributed by atoms with Gasteiger partial charge in [-0.2, -0.15) is 0 Å². The molecule has 1 fully saturated rings. The molecule has 1 N–H and O–H groups in total. The van der Waals surface area contributed by atoms with Crippen molar-refractivity contribution >= 4 is 15.8 Å². The summed E-state index contributed by atoms with van der Waals surface area (Å²) >= 11 is 0. The van der Waals surface area contributed by atoms with Gasteiger partial charge in [-0.1, -0.05) is 0 Å². The molecule has 1 aliphatic heterocycles. The van der Waals surface area contributed by atoms with Crippen molar-refractivity contribution in [1.82, 2.24) is 0 Å². The van der Waals surface area contributed by atoms with Crippen LogP contribution in [0.1, 0.15) is 16.8 Å². The van der Waals surface area contributed by atoms with Crippen LogP contribution in [0.2, 0.25) is 0 Å². The number of sulfone groups is 1. The number of benzene rings is 1. The van der Waals surface area contributed by atoms with E-state index in [-0.39, 0.29) is 29.2 Å². The zero-order valence-corrected chi connectivity index (χ0v) is 10.1. The van der Waals surface area contributed by atoms with Gasteiger partial charge in [-0.25, -0.2) is 17.6 Å². The Hall–Kier alpha value is -1.63. The third kappa shape index (κ3) is 2.79. The Balaban J connectivity index is 2.23. The molecule has 0 amide bonds. The first-order valence-electron chi connectivity index (χ1n) is 5.27. The summed E-state index contributed by atoms with van der Waals surface area (Å²) in [5, 5.41) is 8.91. The van der Waals surface area contributed by atoms with E-state index in [9.17, 15) is 17.6 Å². The highest BCUT2D eigenvalue weighted by atomic mass is 32.2. The van der Waals surface area contributed by atoms with Gasteiger partial charge in [0.1, 0.15) is 23.2 Å². The van der Waals surface area contributed by atoms with E-state index in [2.05, 4.69) is 0 Å². The molecule has 1 aliphatic rings. The summed E-state index contributed by atoms with van der Waals surface area (Å²) in [5.41, 5.74) is -0.180. The number of halogens is 1. The monoisotopic (exact) mass is 274 g/mol. The molecule has 1 unspecified atom stereocenters. The molecule has 5 nitrogen and oxygen atoms in total. The van der Waals surface area contributed by atoms with Crippen LogP contribution in [-0.2, 0) is 9.84 Å². The third-order valence-electron chi connectivity index (χ3n) is 2.66. The lowest BCUT2D eigenvalue weighted by Gasteiger charge is -2.14. The molecule has 1 saturated heterocycles. The second-order valence-corrected chi connectivity index (χ2v) is 6.32. The molecule has 0 spiro atoms. The largest absolute Gasteiger partial charge is 0.488 e. The molecule has 2 rings (SSSR count). The number of hydrogen-bond donors (Lipinski definition) is 1. The molecule has 1 aromatic carbocycles. The Labute approximate surface area is 103 Å². The van der Waals surface area contributed by atoms with E-state index in [1.807, 2.05) is 0 Å². The predicted octanol–water partition coefficient (Wildman–Crippen LogP) is 1.09. The Bertz CT molecular complexity index is 581. The van der Waals surface area contributed by atoms with Crippen LogP contribution in [0, 0.1) is 5.82 Å². The first kappa shape index (κ1) is 12.8. The zero-order chi connectivity index (χ0) is 13.3. The van der Waals surface area contributed by atoms with Gasteiger partial charge < -0.3 is 9.84 Å². The van der Waals surface area contributed by atoms with Crippen molar-refractivity contribution in [1.29, 1.82) is 0 Å². The van der Waals surface area contributed by atoms with Crippen molar-refractivity contribution in [2.24, 2.45) is 0 Å². The fourth-order valence-corrected chi connectivity index (χ4v) is 3.39. The molecule has 0 bridgehead atoms. The van der Waals surface area contributed by atoms with Gasteiger partial charge in [0.25, 0.3) is 0 Å².